The van der Waals surface area contributed by atoms with Crippen LogP contribution in [0.15, 0.2) is 36.7 Å². The van der Waals surface area contributed by atoms with Gasteiger partial charge in [-0.1, -0.05) is 24.3 Å². The van der Waals surface area contributed by atoms with Crippen molar-refractivity contribution in [3.05, 3.63) is 53.3 Å². The summed E-state index contributed by atoms with van der Waals surface area (Å²) in [6, 6.07) is 8.52. The highest BCUT2D eigenvalue weighted by Crippen LogP contribution is 2.30. The molecule has 0 aliphatic carbocycles. The van der Waals surface area contributed by atoms with Crippen LogP contribution in [0, 0.1) is 0 Å². The van der Waals surface area contributed by atoms with Gasteiger partial charge in [0.25, 0.3) is 5.91 Å². The topological polar surface area (TPSA) is 82.0 Å². The Bertz CT molecular complexity index is 908. The molecular formula is C23H29N5O3. The SMILES string of the molecule is O=C(c1cnc(N2CCOCC2)nc1)N1CCC(N2Cc3ccccc3C(O)C2)CC1. The number of nitrogens with zero attached hydrogens (tertiary/aromatic N) is 5. The van der Waals surface area contributed by atoms with Gasteiger partial charge in [0.05, 0.1) is 24.9 Å². The minimum Gasteiger partial charge on any atom is -0.387 e. The van der Waals surface area contributed by atoms with Crippen LogP contribution in [0.1, 0.15) is 40.4 Å². The van der Waals surface area contributed by atoms with Crippen LogP contribution in [0.25, 0.3) is 0 Å². The molecule has 4 heterocycles. The molecule has 2 aromatic rings. The average molecular weight is 424 g/mol. The summed E-state index contributed by atoms with van der Waals surface area (Å²) in [6.45, 7) is 5.85. The predicted molar refractivity (Wildman–Crippen MR) is 116 cm³/mol. The lowest BCUT2D eigenvalue weighted by Gasteiger charge is -2.42. The summed E-state index contributed by atoms with van der Waals surface area (Å²) in [7, 11) is 0. The highest BCUT2D eigenvalue weighted by Gasteiger charge is 2.32. The van der Waals surface area contributed by atoms with E-state index in [2.05, 4.69) is 25.8 Å². The minimum atomic E-state index is -0.438. The Hall–Kier alpha value is -2.55. The van der Waals surface area contributed by atoms with Crippen molar-refractivity contribution in [2.24, 2.45) is 0 Å². The normalized spacial score (nSPS) is 22.9. The number of aliphatic hydroxyl groups excluding tert-OH is 1. The summed E-state index contributed by atoms with van der Waals surface area (Å²) in [5.74, 6) is 0.651. The highest BCUT2D eigenvalue weighted by atomic mass is 16.5. The first-order chi connectivity index (χ1) is 15.2. The molecule has 0 spiro atoms. The van der Waals surface area contributed by atoms with E-state index < -0.39 is 6.10 Å². The third kappa shape index (κ3) is 4.28. The fraction of sp³-hybridized carbons (Fsp3) is 0.522. The molecule has 1 unspecified atom stereocenters. The van der Waals surface area contributed by atoms with E-state index >= 15 is 0 Å². The van der Waals surface area contributed by atoms with Gasteiger partial charge in [-0.15, -0.1) is 0 Å². The number of anilines is 1. The third-order valence-electron chi connectivity index (χ3n) is 6.64. The Kier molecular flexibility index (Phi) is 5.85. The number of ether oxygens (including phenoxy) is 1. The van der Waals surface area contributed by atoms with E-state index in [1.807, 2.05) is 23.1 Å². The zero-order valence-electron chi connectivity index (χ0n) is 17.7. The van der Waals surface area contributed by atoms with E-state index in [-0.39, 0.29) is 5.91 Å². The zero-order chi connectivity index (χ0) is 21.2. The lowest BCUT2D eigenvalue weighted by molar-refractivity contribution is 0.0349. The molecule has 1 aromatic carbocycles. The summed E-state index contributed by atoms with van der Waals surface area (Å²) in [4.78, 5) is 28.1. The van der Waals surface area contributed by atoms with Crippen LogP contribution in [0.4, 0.5) is 5.95 Å². The number of amides is 1. The van der Waals surface area contributed by atoms with E-state index in [9.17, 15) is 9.90 Å². The minimum absolute atomic E-state index is 0.00370. The average Bonchev–Trinajstić information content (AvgIpc) is 2.84. The Morgan fingerprint density at radius 2 is 1.74 bits per heavy atom. The predicted octanol–water partition coefficient (Wildman–Crippen LogP) is 1.47. The molecule has 1 amide bonds. The molecule has 3 aliphatic heterocycles. The van der Waals surface area contributed by atoms with Crippen molar-refractivity contribution in [1.82, 2.24) is 19.8 Å². The summed E-state index contributed by atoms with van der Waals surface area (Å²) >= 11 is 0. The number of likely N-dealkylation sites (tertiary alicyclic amines) is 1. The first-order valence-electron chi connectivity index (χ1n) is 11.1. The first kappa shape index (κ1) is 20.4. The second-order valence-corrected chi connectivity index (χ2v) is 8.54. The van der Waals surface area contributed by atoms with Gasteiger partial charge in [0, 0.05) is 57.7 Å². The fourth-order valence-corrected chi connectivity index (χ4v) is 4.86. The van der Waals surface area contributed by atoms with Gasteiger partial charge in [-0.2, -0.15) is 0 Å². The number of hydrogen-bond donors (Lipinski definition) is 1. The maximum Gasteiger partial charge on any atom is 0.256 e. The molecule has 8 nitrogen and oxygen atoms in total. The molecule has 3 aliphatic rings. The number of carbonyl (C=O) groups excluding carboxylic acids is 1. The number of benzene rings is 1. The van der Waals surface area contributed by atoms with Crippen LogP contribution >= 0.6 is 0 Å². The van der Waals surface area contributed by atoms with Crippen LogP contribution in [0.3, 0.4) is 0 Å². The number of aromatic nitrogens is 2. The second kappa shape index (κ2) is 8.90. The van der Waals surface area contributed by atoms with Crippen LogP contribution < -0.4 is 4.90 Å². The molecule has 0 saturated carbocycles. The monoisotopic (exact) mass is 423 g/mol. The molecule has 164 valence electrons. The van der Waals surface area contributed by atoms with E-state index in [1.165, 1.54) is 5.56 Å². The standard InChI is InChI=1S/C23H29N5O3/c29-21-16-28(15-17-3-1-2-4-20(17)21)19-5-7-26(8-6-19)22(30)18-13-24-23(25-14-18)27-9-11-31-12-10-27/h1-4,13-14,19,21,29H,5-12,15-16H2. The van der Waals surface area contributed by atoms with Crippen molar-refractivity contribution in [3.63, 3.8) is 0 Å². The summed E-state index contributed by atoms with van der Waals surface area (Å²) in [5, 5.41) is 10.5. The number of piperidine rings is 1. The molecule has 2 fully saturated rings. The molecule has 31 heavy (non-hydrogen) atoms. The molecule has 1 atom stereocenters. The van der Waals surface area contributed by atoms with E-state index in [4.69, 9.17) is 4.74 Å². The van der Waals surface area contributed by atoms with Gasteiger partial charge in [-0.25, -0.2) is 9.97 Å². The quantitative estimate of drug-likeness (QED) is 0.801. The lowest BCUT2D eigenvalue weighted by atomic mass is 9.93. The van der Waals surface area contributed by atoms with E-state index in [0.29, 0.717) is 50.4 Å². The van der Waals surface area contributed by atoms with Crippen molar-refractivity contribution < 1.29 is 14.6 Å². The largest absolute Gasteiger partial charge is 0.387 e. The van der Waals surface area contributed by atoms with Gasteiger partial charge >= 0.3 is 0 Å². The van der Waals surface area contributed by atoms with Crippen molar-refractivity contribution >= 4 is 11.9 Å². The van der Waals surface area contributed by atoms with Crippen molar-refractivity contribution in [3.8, 4) is 0 Å². The number of aliphatic hydroxyl groups is 1. The molecule has 0 bridgehead atoms. The van der Waals surface area contributed by atoms with Crippen LogP contribution in [-0.4, -0.2) is 82.8 Å². The smallest absolute Gasteiger partial charge is 0.256 e. The third-order valence-corrected chi connectivity index (χ3v) is 6.64. The van der Waals surface area contributed by atoms with Crippen molar-refractivity contribution in [2.75, 3.05) is 50.8 Å². The number of hydrogen-bond acceptors (Lipinski definition) is 7. The van der Waals surface area contributed by atoms with Crippen LogP contribution in [0.5, 0.6) is 0 Å². The van der Waals surface area contributed by atoms with Gasteiger partial charge in [0.15, 0.2) is 0 Å². The van der Waals surface area contributed by atoms with E-state index in [1.54, 1.807) is 12.4 Å². The summed E-state index contributed by atoms with van der Waals surface area (Å²) in [5.41, 5.74) is 2.79. The Morgan fingerprint density at radius 1 is 1.03 bits per heavy atom. The lowest BCUT2D eigenvalue weighted by Crippen LogP contribution is -2.48. The molecule has 0 radical (unpaired) electrons. The molecular weight excluding hydrogens is 394 g/mol. The number of fused-ring (bicyclic) bond motifs is 1. The molecule has 5 rings (SSSR count). The van der Waals surface area contributed by atoms with Crippen molar-refractivity contribution in [1.29, 1.82) is 0 Å². The molecule has 1 N–H and O–H groups in total. The van der Waals surface area contributed by atoms with Gasteiger partial charge in [0.2, 0.25) is 5.95 Å². The van der Waals surface area contributed by atoms with Gasteiger partial charge in [0.1, 0.15) is 0 Å². The number of β-amino-alcohol motifs (C(OH)–C–C–N with tert-alkyl or cyclic N) is 1. The first-order valence-corrected chi connectivity index (χ1v) is 11.1. The molecule has 2 saturated heterocycles. The van der Waals surface area contributed by atoms with Crippen LogP contribution in [0.2, 0.25) is 0 Å². The maximum atomic E-state index is 12.9. The number of morpholine rings is 1. The van der Waals surface area contributed by atoms with Gasteiger partial charge < -0.3 is 19.6 Å². The Morgan fingerprint density at radius 3 is 2.48 bits per heavy atom. The Balaban J connectivity index is 1.17. The van der Waals surface area contributed by atoms with Crippen LogP contribution in [-0.2, 0) is 11.3 Å². The Labute approximate surface area is 182 Å². The molecule has 1 aromatic heterocycles. The number of carbonyl (C=O) groups is 1. The molecule has 8 heteroatoms. The summed E-state index contributed by atoms with van der Waals surface area (Å²) < 4.78 is 5.36. The van der Waals surface area contributed by atoms with Gasteiger partial charge in [-0.3, -0.25) is 9.69 Å². The number of rotatable bonds is 3. The highest BCUT2D eigenvalue weighted by molar-refractivity contribution is 5.93. The van der Waals surface area contributed by atoms with Gasteiger partial charge in [-0.05, 0) is 24.0 Å². The van der Waals surface area contributed by atoms with Crippen molar-refractivity contribution in [2.45, 2.75) is 31.5 Å². The fourth-order valence-electron chi connectivity index (χ4n) is 4.86. The van der Waals surface area contributed by atoms with E-state index in [0.717, 1.165) is 38.0 Å². The summed E-state index contributed by atoms with van der Waals surface area (Å²) in [6.07, 6.45) is 4.67. The second-order valence-electron chi connectivity index (χ2n) is 8.54. The maximum absolute atomic E-state index is 12.9. The zero-order valence-corrected chi connectivity index (χ0v) is 17.7.